The van der Waals surface area contributed by atoms with Crippen LogP contribution in [-0.2, 0) is 6.18 Å². The Labute approximate surface area is 133 Å². The van der Waals surface area contributed by atoms with Gasteiger partial charge < -0.3 is 11.5 Å². The highest BCUT2D eigenvalue weighted by molar-refractivity contribution is 7.99. The van der Waals surface area contributed by atoms with Crippen molar-refractivity contribution >= 4 is 34.4 Å². The van der Waals surface area contributed by atoms with Crippen molar-refractivity contribution in [2.24, 2.45) is 0 Å². The summed E-state index contributed by atoms with van der Waals surface area (Å²) < 4.78 is 39.1. The van der Waals surface area contributed by atoms with Gasteiger partial charge in [0, 0.05) is 15.2 Å². The third-order valence-corrected chi connectivity index (χ3v) is 4.20. The molecule has 0 atom stereocenters. The van der Waals surface area contributed by atoms with Crippen LogP contribution in [-0.4, -0.2) is 9.97 Å². The van der Waals surface area contributed by atoms with Crippen molar-refractivity contribution < 1.29 is 13.2 Å². The van der Waals surface area contributed by atoms with Gasteiger partial charge >= 0.3 is 6.18 Å². The van der Waals surface area contributed by atoms with Crippen molar-refractivity contribution in [3.63, 3.8) is 0 Å². The summed E-state index contributed by atoms with van der Waals surface area (Å²) in [4.78, 5) is 8.63. The number of nitrogens with two attached hydrogens (primary N) is 2. The Morgan fingerprint density at radius 1 is 0.957 bits per heavy atom. The summed E-state index contributed by atoms with van der Waals surface area (Å²) in [6, 6.07) is 10.4. The van der Waals surface area contributed by atoms with Gasteiger partial charge in [0.25, 0.3) is 0 Å². The Morgan fingerprint density at radius 2 is 1.70 bits per heavy atom. The van der Waals surface area contributed by atoms with Crippen LogP contribution in [0.1, 0.15) is 5.56 Å². The lowest BCUT2D eigenvalue weighted by Gasteiger charge is -2.12. The molecule has 1 aromatic heterocycles. The molecule has 0 unspecified atom stereocenters. The smallest absolute Gasteiger partial charge is 0.383 e. The first-order valence-electron chi connectivity index (χ1n) is 6.51. The van der Waals surface area contributed by atoms with E-state index in [-0.39, 0.29) is 16.7 Å². The molecule has 118 valence electrons. The summed E-state index contributed by atoms with van der Waals surface area (Å²) in [5, 5.41) is 0.550. The van der Waals surface area contributed by atoms with Gasteiger partial charge in [-0.1, -0.05) is 23.9 Å². The zero-order valence-corrected chi connectivity index (χ0v) is 12.4. The molecule has 4 nitrogen and oxygen atoms in total. The van der Waals surface area contributed by atoms with E-state index in [0.29, 0.717) is 15.8 Å². The largest absolute Gasteiger partial charge is 0.417 e. The number of hydrogen-bond donors (Lipinski definition) is 2. The van der Waals surface area contributed by atoms with Crippen LogP contribution in [0.2, 0.25) is 0 Å². The molecule has 0 saturated heterocycles. The molecule has 1 heterocycles. The fraction of sp³-hybridized carbons (Fsp3) is 0.0667. The van der Waals surface area contributed by atoms with E-state index >= 15 is 0 Å². The number of anilines is 2. The highest BCUT2D eigenvalue weighted by Gasteiger charge is 2.33. The number of nitrogen functional groups attached to an aromatic ring is 2. The average Bonchev–Trinajstić information content (AvgIpc) is 2.47. The third kappa shape index (κ3) is 3.16. The van der Waals surface area contributed by atoms with E-state index in [1.54, 1.807) is 24.3 Å². The van der Waals surface area contributed by atoms with Crippen LogP contribution >= 0.6 is 11.8 Å². The molecule has 2 aromatic carbocycles. The summed E-state index contributed by atoms with van der Waals surface area (Å²) in [6.07, 6.45) is -4.41. The molecule has 0 bridgehead atoms. The second kappa shape index (κ2) is 5.62. The minimum atomic E-state index is -4.41. The van der Waals surface area contributed by atoms with Crippen molar-refractivity contribution in [2.75, 3.05) is 11.5 Å². The Balaban J connectivity index is 2.03. The molecule has 3 aromatic rings. The highest BCUT2D eigenvalue weighted by atomic mass is 32.2. The maximum absolute atomic E-state index is 13.0. The second-order valence-corrected chi connectivity index (χ2v) is 5.86. The Morgan fingerprint density at radius 3 is 2.43 bits per heavy atom. The lowest BCUT2D eigenvalue weighted by Crippen LogP contribution is -2.06. The van der Waals surface area contributed by atoms with Crippen LogP contribution in [0.15, 0.2) is 52.3 Å². The number of fused-ring (bicyclic) bond motifs is 1. The fourth-order valence-corrected chi connectivity index (χ4v) is 3.14. The van der Waals surface area contributed by atoms with Crippen LogP contribution in [0.3, 0.4) is 0 Å². The van der Waals surface area contributed by atoms with E-state index in [4.69, 9.17) is 11.5 Å². The highest BCUT2D eigenvalue weighted by Crippen LogP contribution is 2.40. The van der Waals surface area contributed by atoms with Gasteiger partial charge in [0.15, 0.2) is 0 Å². The normalized spacial score (nSPS) is 11.8. The van der Waals surface area contributed by atoms with Crippen LogP contribution in [0.4, 0.5) is 24.9 Å². The molecule has 23 heavy (non-hydrogen) atoms. The Hall–Kier alpha value is -2.48. The number of alkyl halides is 3. The Kier molecular flexibility index (Phi) is 3.77. The molecule has 0 radical (unpaired) electrons. The molecule has 0 saturated carbocycles. The lowest BCUT2D eigenvalue weighted by atomic mass is 10.2. The topological polar surface area (TPSA) is 77.8 Å². The molecule has 0 aliphatic carbocycles. The first kappa shape index (κ1) is 15.4. The maximum Gasteiger partial charge on any atom is 0.417 e. The Bertz CT molecular complexity index is 880. The van der Waals surface area contributed by atoms with Crippen molar-refractivity contribution in [1.82, 2.24) is 9.97 Å². The number of nitrogens with zero attached hydrogens (tertiary/aromatic N) is 2. The van der Waals surface area contributed by atoms with E-state index < -0.39 is 11.7 Å². The van der Waals surface area contributed by atoms with Crippen molar-refractivity contribution in [1.29, 1.82) is 0 Å². The quantitative estimate of drug-likeness (QED) is 0.740. The zero-order valence-electron chi connectivity index (χ0n) is 11.6. The van der Waals surface area contributed by atoms with E-state index in [1.165, 1.54) is 12.1 Å². The molecule has 4 N–H and O–H groups in total. The van der Waals surface area contributed by atoms with E-state index in [2.05, 4.69) is 9.97 Å². The summed E-state index contributed by atoms with van der Waals surface area (Å²) in [5.41, 5.74) is 11.2. The minimum absolute atomic E-state index is 0.0535. The fourth-order valence-electron chi connectivity index (χ4n) is 2.13. The molecular weight excluding hydrogens is 325 g/mol. The minimum Gasteiger partial charge on any atom is -0.383 e. The van der Waals surface area contributed by atoms with Gasteiger partial charge in [0.1, 0.15) is 5.82 Å². The molecule has 0 amide bonds. The number of halogens is 3. The van der Waals surface area contributed by atoms with Crippen LogP contribution in [0.5, 0.6) is 0 Å². The lowest BCUT2D eigenvalue weighted by molar-refractivity contribution is -0.139. The number of aromatic nitrogens is 2. The van der Waals surface area contributed by atoms with Gasteiger partial charge in [-0.15, -0.1) is 0 Å². The molecule has 3 rings (SSSR count). The zero-order chi connectivity index (χ0) is 16.6. The number of hydrogen-bond acceptors (Lipinski definition) is 5. The van der Waals surface area contributed by atoms with E-state index in [0.717, 1.165) is 17.8 Å². The molecule has 0 aliphatic heterocycles. The summed E-state index contributed by atoms with van der Waals surface area (Å²) in [7, 11) is 0. The van der Waals surface area contributed by atoms with Gasteiger partial charge in [0.05, 0.1) is 11.1 Å². The van der Waals surface area contributed by atoms with Crippen molar-refractivity contribution in [3.05, 3.63) is 48.0 Å². The van der Waals surface area contributed by atoms with E-state index in [1.807, 2.05) is 0 Å². The van der Waals surface area contributed by atoms with Crippen LogP contribution in [0.25, 0.3) is 10.9 Å². The average molecular weight is 336 g/mol. The van der Waals surface area contributed by atoms with Crippen LogP contribution < -0.4 is 11.5 Å². The predicted molar refractivity (Wildman–Crippen MR) is 83.9 cm³/mol. The first-order chi connectivity index (χ1) is 10.8. The molecular formula is C15H11F3N4S. The maximum atomic E-state index is 13.0. The first-order valence-corrected chi connectivity index (χ1v) is 7.33. The molecule has 0 aliphatic rings. The van der Waals surface area contributed by atoms with E-state index in [9.17, 15) is 13.2 Å². The molecule has 8 heteroatoms. The second-order valence-electron chi connectivity index (χ2n) is 4.74. The van der Waals surface area contributed by atoms with Gasteiger partial charge in [-0.05, 0) is 30.3 Å². The number of rotatable bonds is 2. The van der Waals surface area contributed by atoms with Gasteiger partial charge in [-0.25, -0.2) is 4.98 Å². The van der Waals surface area contributed by atoms with Crippen molar-refractivity contribution in [3.8, 4) is 0 Å². The van der Waals surface area contributed by atoms with Crippen LogP contribution in [0, 0.1) is 0 Å². The summed E-state index contributed by atoms with van der Waals surface area (Å²) in [6.45, 7) is 0. The summed E-state index contributed by atoms with van der Waals surface area (Å²) >= 11 is 1.01. The standard InChI is InChI=1S/C15H11F3N4S/c16-15(17,18)10-3-1-2-4-12(10)23-8-5-6-11-9(7-8)13(19)22-14(20)21-11/h1-7H,(H4,19,20,21,22). The predicted octanol–water partition coefficient (Wildman–Crippen LogP) is 3.96. The van der Waals surface area contributed by atoms with Gasteiger partial charge in [-0.2, -0.15) is 18.2 Å². The van der Waals surface area contributed by atoms with Crippen molar-refractivity contribution in [2.45, 2.75) is 16.0 Å². The van der Waals surface area contributed by atoms with Gasteiger partial charge in [0.2, 0.25) is 5.95 Å². The number of benzene rings is 2. The molecule has 0 fully saturated rings. The SMILES string of the molecule is Nc1nc(N)c2cc(Sc3ccccc3C(F)(F)F)ccc2n1. The summed E-state index contributed by atoms with van der Waals surface area (Å²) in [5.74, 6) is 0.247. The molecule has 0 spiro atoms. The third-order valence-electron chi connectivity index (χ3n) is 3.13. The van der Waals surface area contributed by atoms with Gasteiger partial charge in [-0.3, -0.25) is 0 Å². The monoisotopic (exact) mass is 336 g/mol.